The molecule has 5 rings (SSSR count). The summed E-state index contributed by atoms with van der Waals surface area (Å²) < 4.78 is 7.83. The molecule has 0 saturated carbocycles. The Morgan fingerprint density at radius 2 is 1.89 bits per heavy atom. The average molecular weight is 512 g/mol. The molecule has 4 aromatic rings. The van der Waals surface area contributed by atoms with Crippen molar-refractivity contribution in [3.05, 3.63) is 65.5 Å². The van der Waals surface area contributed by atoms with E-state index in [0.717, 1.165) is 18.7 Å². The third-order valence-corrected chi connectivity index (χ3v) is 6.63. The SMILES string of the molecule is [C-]#[N+]c1cc(C)c(Oc2cc(Nc3ccc(C(=O)N4CCN(C(C)C)CC4)cn3)c3ncn(C)c3n2)cn1. The third kappa shape index (κ3) is 5.12. The van der Waals surface area contributed by atoms with E-state index in [0.29, 0.717) is 64.8 Å². The standard InChI is InChI=1S/C27H29N9O2/c1-17(2)35-8-10-36(11-9-35)27(37)19-6-7-22(29-14-19)32-20-13-24(33-26-25(20)31-16-34(26)5)38-21-15-30-23(28-4)12-18(21)3/h6-7,12-17H,8-11H2,1-3,5H3,(H,29,32,33). The first-order valence-electron chi connectivity index (χ1n) is 12.4. The zero-order chi connectivity index (χ0) is 26.8. The molecule has 0 atom stereocenters. The molecule has 1 amide bonds. The Kier molecular flexibility index (Phi) is 6.89. The molecule has 194 valence electrons. The number of ether oxygens (including phenoxy) is 1. The lowest BCUT2D eigenvalue weighted by Crippen LogP contribution is -2.50. The van der Waals surface area contributed by atoms with Crippen LogP contribution < -0.4 is 10.1 Å². The van der Waals surface area contributed by atoms with Gasteiger partial charge in [0, 0.05) is 51.5 Å². The minimum atomic E-state index is -0.00705. The number of imidazole rings is 1. The fourth-order valence-electron chi connectivity index (χ4n) is 4.39. The van der Waals surface area contributed by atoms with Crippen LogP contribution >= 0.6 is 0 Å². The van der Waals surface area contributed by atoms with Gasteiger partial charge in [0.1, 0.15) is 11.3 Å². The van der Waals surface area contributed by atoms with Crippen molar-refractivity contribution >= 4 is 34.4 Å². The number of piperazine rings is 1. The monoisotopic (exact) mass is 511 g/mol. The van der Waals surface area contributed by atoms with Crippen LogP contribution in [-0.4, -0.2) is 72.4 Å². The van der Waals surface area contributed by atoms with Crippen LogP contribution in [0.3, 0.4) is 0 Å². The van der Waals surface area contributed by atoms with Crippen LogP contribution in [0.1, 0.15) is 29.8 Å². The normalized spacial score (nSPS) is 14.1. The molecule has 0 aliphatic carbocycles. The van der Waals surface area contributed by atoms with Crippen LogP contribution in [0, 0.1) is 13.5 Å². The first kappa shape index (κ1) is 25.1. The van der Waals surface area contributed by atoms with Gasteiger partial charge < -0.3 is 24.4 Å². The number of nitrogens with one attached hydrogen (secondary N) is 1. The quantitative estimate of drug-likeness (QED) is 0.382. The van der Waals surface area contributed by atoms with E-state index in [2.05, 4.69) is 48.8 Å². The molecule has 0 unspecified atom stereocenters. The van der Waals surface area contributed by atoms with Gasteiger partial charge in [0.25, 0.3) is 11.7 Å². The average Bonchev–Trinajstić information content (AvgIpc) is 3.30. The van der Waals surface area contributed by atoms with Gasteiger partial charge in [-0.2, -0.15) is 4.98 Å². The molecule has 5 heterocycles. The summed E-state index contributed by atoms with van der Waals surface area (Å²) in [6.45, 7) is 16.5. The largest absolute Gasteiger partial charge is 0.435 e. The number of pyridine rings is 3. The van der Waals surface area contributed by atoms with Crippen molar-refractivity contribution < 1.29 is 9.53 Å². The van der Waals surface area contributed by atoms with Crippen LogP contribution in [-0.2, 0) is 7.05 Å². The van der Waals surface area contributed by atoms with Gasteiger partial charge in [0.15, 0.2) is 17.6 Å². The van der Waals surface area contributed by atoms with Gasteiger partial charge in [-0.05, 0) is 44.5 Å². The molecule has 0 spiro atoms. The number of nitrogens with zero attached hydrogens (tertiary/aromatic N) is 8. The second-order valence-corrected chi connectivity index (χ2v) is 9.54. The number of hydrogen-bond acceptors (Lipinski definition) is 8. The smallest absolute Gasteiger partial charge is 0.269 e. The highest BCUT2D eigenvalue weighted by molar-refractivity contribution is 5.94. The van der Waals surface area contributed by atoms with Crippen LogP contribution in [0.2, 0.25) is 0 Å². The van der Waals surface area contributed by atoms with Crippen LogP contribution in [0.5, 0.6) is 11.6 Å². The molecule has 1 N–H and O–H groups in total. The summed E-state index contributed by atoms with van der Waals surface area (Å²) in [7, 11) is 1.85. The minimum Gasteiger partial charge on any atom is -0.435 e. The maximum atomic E-state index is 13.0. The van der Waals surface area contributed by atoms with Crippen molar-refractivity contribution in [2.45, 2.75) is 26.8 Å². The van der Waals surface area contributed by atoms with Crippen LogP contribution in [0.25, 0.3) is 16.0 Å². The lowest BCUT2D eigenvalue weighted by Gasteiger charge is -2.36. The van der Waals surface area contributed by atoms with Gasteiger partial charge in [-0.25, -0.2) is 9.97 Å². The van der Waals surface area contributed by atoms with Crippen molar-refractivity contribution in [2.75, 3.05) is 31.5 Å². The Bertz CT molecular complexity index is 1510. The number of rotatable bonds is 6. The fourth-order valence-corrected chi connectivity index (χ4v) is 4.39. The minimum absolute atomic E-state index is 0.00705. The number of hydrogen-bond donors (Lipinski definition) is 1. The van der Waals surface area contributed by atoms with E-state index in [1.54, 1.807) is 41.4 Å². The summed E-state index contributed by atoms with van der Waals surface area (Å²) in [5.74, 6) is 1.71. The van der Waals surface area contributed by atoms with E-state index in [-0.39, 0.29) is 5.91 Å². The predicted octanol–water partition coefficient (Wildman–Crippen LogP) is 4.32. The first-order valence-corrected chi connectivity index (χ1v) is 12.4. The van der Waals surface area contributed by atoms with Gasteiger partial charge in [0.05, 0.1) is 17.6 Å². The fraction of sp³-hybridized carbons (Fsp3) is 0.333. The van der Waals surface area contributed by atoms with Crippen molar-refractivity contribution in [3.63, 3.8) is 0 Å². The van der Waals surface area contributed by atoms with Crippen molar-refractivity contribution in [1.29, 1.82) is 0 Å². The molecule has 38 heavy (non-hydrogen) atoms. The summed E-state index contributed by atoms with van der Waals surface area (Å²) in [6.07, 6.45) is 4.80. The summed E-state index contributed by atoms with van der Waals surface area (Å²) >= 11 is 0. The van der Waals surface area contributed by atoms with Gasteiger partial charge in [-0.1, -0.05) is 6.57 Å². The second-order valence-electron chi connectivity index (χ2n) is 9.54. The molecular formula is C27H29N9O2. The number of anilines is 2. The predicted molar refractivity (Wildman–Crippen MR) is 144 cm³/mol. The van der Waals surface area contributed by atoms with E-state index < -0.39 is 0 Å². The molecular weight excluding hydrogens is 482 g/mol. The molecule has 1 saturated heterocycles. The van der Waals surface area contributed by atoms with Crippen LogP contribution in [0.15, 0.2) is 43.0 Å². The number of aryl methyl sites for hydroxylation is 2. The molecule has 0 radical (unpaired) electrons. The molecule has 1 aliphatic rings. The van der Waals surface area contributed by atoms with Crippen molar-refractivity contribution in [2.24, 2.45) is 7.05 Å². The topological polar surface area (TPSA) is 106 Å². The van der Waals surface area contributed by atoms with Gasteiger partial charge >= 0.3 is 0 Å². The van der Waals surface area contributed by atoms with Crippen molar-refractivity contribution in [1.82, 2.24) is 34.3 Å². The second kappa shape index (κ2) is 10.4. The van der Waals surface area contributed by atoms with Crippen molar-refractivity contribution in [3.8, 4) is 11.6 Å². The van der Waals surface area contributed by atoms with E-state index >= 15 is 0 Å². The number of aromatic nitrogens is 5. The Balaban J connectivity index is 1.35. The summed E-state index contributed by atoms with van der Waals surface area (Å²) in [4.78, 5) is 38.3. The summed E-state index contributed by atoms with van der Waals surface area (Å²) in [6, 6.07) is 7.46. The lowest BCUT2D eigenvalue weighted by atomic mass is 10.2. The van der Waals surface area contributed by atoms with E-state index in [9.17, 15) is 4.79 Å². The molecule has 0 aromatic carbocycles. The Morgan fingerprint density at radius 1 is 1.11 bits per heavy atom. The van der Waals surface area contributed by atoms with E-state index in [1.807, 2.05) is 18.9 Å². The van der Waals surface area contributed by atoms with Gasteiger partial charge in [-0.3, -0.25) is 9.69 Å². The molecule has 11 nitrogen and oxygen atoms in total. The molecule has 1 fully saturated rings. The maximum absolute atomic E-state index is 13.0. The third-order valence-electron chi connectivity index (χ3n) is 6.63. The maximum Gasteiger partial charge on any atom is 0.269 e. The zero-order valence-electron chi connectivity index (χ0n) is 21.8. The van der Waals surface area contributed by atoms with E-state index in [4.69, 9.17) is 11.3 Å². The summed E-state index contributed by atoms with van der Waals surface area (Å²) in [5, 5.41) is 3.29. The molecule has 4 aromatic heterocycles. The Labute approximate surface area is 220 Å². The number of amides is 1. The molecule has 0 bridgehead atoms. The number of fused-ring (bicyclic) bond motifs is 1. The Morgan fingerprint density at radius 3 is 2.55 bits per heavy atom. The Hall–Kier alpha value is -4.56. The van der Waals surface area contributed by atoms with Gasteiger partial charge in [-0.15, -0.1) is 4.98 Å². The van der Waals surface area contributed by atoms with Crippen LogP contribution in [0.4, 0.5) is 17.3 Å². The molecule has 1 aliphatic heterocycles. The highest BCUT2D eigenvalue weighted by atomic mass is 16.5. The number of carbonyl (C=O) groups excluding carboxylic acids is 1. The highest BCUT2D eigenvalue weighted by Crippen LogP contribution is 2.31. The molecule has 11 heteroatoms. The van der Waals surface area contributed by atoms with Gasteiger partial charge in [0.2, 0.25) is 5.88 Å². The lowest BCUT2D eigenvalue weighted by molar-refractivity contribution is 0.0595. The van der Waals surface area contributed by atoms with E-state index in [1.165, 1.54) is 6.20 Å². The first-order chi connectivity index (χ1) is 18.3. The number of carbonyl (C=O) groups is 1. The highest BCUT2D eigenvalue weighted by Gasteiger charge is 2.23. The summed E-state index contributed by atoms with van der Waals surface area (Å²) in [5.41, 5.74) is 3.27. The zero-order valence-corrected chi connectivity index (χ0v) is 21.8.